The number of carbonyl (C=O) groups is 1. The molecule has 1 aromatic carbocycles. The number of ether oxygens (including phenoxy) is 1. The van der Waals surface area contributed by atoms with Crippen molar-refractivity contribution in [1.82, 2.24) is 9.55 Å². The molecule has 1 saturated carbocycles. The topological polar surface area (TPSA) is 61.2 Å². The summed E-state index contributed by atoms with van der Waals surface area (Å²) in [5.74, 6) is -0.381. The van der Waals surface area contributed by atoms with Gasteiger partial charge in [-0.3, -0.25) is 9.36 Å². The number of esters is 1. The minimum atomic E-state index is -0.518. The van der Waals surface area contributed by atoms with Gasteiger partial charge in [0.25, 0.3) is 5.56 Å². The third-order valence-corrected chi connectivity index (χ3v) is 4.21. The number of carbonyl (C=O) groups excluding carboxylic acids is 1. The number of rotatable bonds is 3. The molecule has 116 valence electrons. The molecule has 22 heavy (non-hydrogen) atoms. The monoisotopic (exact) mass is 300 g/mol. The molecule has 2 aromatic rings. The Balaban J connectivity index is 2.20. The van der Waals surface area contributed by atoms with E-state index in [2.05, 4.69) is 4.98 Å². The smallest absolute Gasteiger partial charge is 0.374 e. The van der Waals surface area contributed by atoms with Crippen LogP contribution in [0.4, 0.5) is 0 Å². The van der Waals surface area contributed by atoms with Crippen LogP contribution in [0.25, 0.3) is 10.9 Å². The van der Waals surface area contributed by atoms with Gasteiger partial charge in [0.1, 0.15) is 0 Å². The van der Waals surface area contributed by atoms with Gasteiger partial charge in [0, 0.05) is 6.04 Å². The fourth-order valence-corrected chi connectivity index (χ4v) is 3.16. The Labute approximate surface area is 128 Å². The van der Waals surface area contributed by atoms with Gasteiger partial charge in [-0.05, 0) is 31.9 Å². The summed E-state index contributed by atoms with van der Waals surface area (Å²) in [6.07, 6.45) is 5.15. The highest BCUT2D eigenvalue weighted by atomic mass is 16.5. The number of fused-ring (bicyclic) bond motifs is 1. The molecule has 0 spiro atoms. The van der Waals surface area contributed by atoms with Gasteiger partial charge in [-0.25, -0.2) is 9.78 Å². The standard InChI is InChI=1S/C17H20N2O3/c1-2-22-17(21)15-18-14-11-7-6-10-13(14)16(20)19(15)12-8-4-3-5-9-12/h6-7,10-12H,2-5,8-9H2,1H3. The van der Waals surface area contributed by atoms with E-state index in [9.17, 15) is 9.59 Å². The first kappa shape index (κ1) is 14.8. The van der Waals surface area contributed by atoms with Crippen LogP contribution in [0.15, 0.2) is 29.1 Å². The lowest BCUT2D eigenvalue weighted by Crippen LogP contribution is -2.33. The van der Waals surface area contributed by atoms with Crippen LogP contribution in [0, 0.1) is 0 Å². The minimum Gasteiger partial charge on any atom is -0.460 e. The Morgan fingerprint density at radius 2 is 2.00 bits per heavy atom. The molecule has 5 heteroatoms. The zero-order valence-electron chi connectivity index (χ0n) is 12.7. The summed E-state index contributed by atoms with van der Waals surface area (Å²) >= 11 is 0. The van der Waals surface area contributed by atoms with Crippen LogP contribution in [-0.2, 0) is 4.74 Å². The van der Waals surface area contributed by atoms with Crippen molar-refractivity contribution >= 4 is 16.9 Å². The summed E-state index contributed by atoms with van der Waals surface area (Å²) < 4.78 is 6.67. The van der Waals surface area contributed by atoms with E-state index in [1.54, 1.807) is 23.6 Å². The van der Waals surface area contributed by atoms with Crippen LogP contribution in [0.2, 0.25) is 0 Å². The molecule has 1 heterocycles. The molecule has 5 nitrogen and oxygen atoms in total. The van der Waals surface area contributed by atoms with Gasteiger partial charge in [-0.2, -0.15) is 0 Å². The summed E-state index contributed by atoms with van der Waals surface area (Å²) in [6.45, 7) is 2.02. The molecule has 0 saturated heterocycles. The molecule has 0 amide bonds. The van der Waals surface area contributed by atoms with E-state index in [1.165, 1.54) is 6.42 Å². The fourth-order valence-electron chi connectivity index (χ4n) is 3.16. The Morgan fingerprint density at radius 1 is 1.27 bits per heavy atom. The largest absolute Gasteiger partial charge is 0.460 e. The van der Waals surface area contributed by atoms with Crippen molar-refractivity contribution in [3.05, 3.63) is 40.4 Å². The van der Waals surface area contributed by atoms with Crippen molar-refractivity contribution in [2.24, 2.45) is 0 Å². The zero-order chi connectivity index (χ0) is 15.5. The van der Waals surface area contributed by atoms with Gasteiger partial charge in [0.05, 0.1) is 17.5 Å². The molecule has 0 unspecified atom stereocenters. The van der Waals surface area contributed by atoms with Crippen LogP contribution >= 0.6 is 0 Å². The summed E-state index contributed by atoms with van der Waals surface area (Å²) in [6, 6.07) is 7.19. The lowest BCUT2D eigenvalue weighted by Gasteiger charge is -2.25. The van der Waals surface area contributed by atoms with E-state index in [0.29, 0.717) is 10.9 Å². The van der Waals surface area contributed by atoms with E-state index in [1.807, 2.05) is 12.1 Å². The number of nitrogens with zero attached hydrogens (tertiary/aromatic N) is 2. The van der Waals surface area contributed by atoms with Gasteiger partial charge in [0.2, 0.25) is 5.82 Å². The number of para-hydroxylation sites is 1. The normalized spacial score (nSPS) is 15.9. The van der Waals surface area contributed by atoms with Crippen LogP contribution < -0.4 is 5.56 Å². The van der Waals surface area contributed by atoms with Crippen molar-refractivity contribution in [3.8, 4) is 0 Å². The van der Waals surface area contributed by atoms with Gasteiger partial charge >= 0.3 is 5.97 Å². The van der Waals surface area contributed by atoms with Crippen molar-refractivity contribution in [2.75, 3.05) is 6.61 Å². The average Bonchev–Trinajstić information content (AvgIpc) is 2.56. The lowest BCUT2D eigenvalue weighted by molar-refractivity contribution is 0.0499. The molecule has 1 fully saturated rings. The van der Waals surface area contributed by atoms with Gasteiger partial charge in [-0.15, -0.1) is 0 Å². The van der Waals surface area contributed by atoms with E-state index in [4.69, 9.17) is 4.74 Å². The highest BCUT2D eigenvalue weighted by Crippen LogP contribution is 2.28. The van der Waals surface area contributed by atoms with Gasteiger partial charge in [-0.1, -0.05) is 31.4 Å². The zero-order valence-corrected chi connectivity index (χ0v) is 12.7. The van der Waals surface area contributed by atoms with Crippen LogP contribution in [0.5, 0.6) is 0 Å². The second-order valence-electron chi connectivity index (χ2n) is 5.64. The van der Waals surface area contributed by atoms with E-state index in [-0.39, 0.29) is 24.0 Å². The van der Waals surface area contributed by atoms with Crippen molar-refractivity contribution in [3.63, 3.8) is 0 Å². The third-order valence-electron chi connectivity index (χ3n) is 4.21. The Kier molecular flexibility index (Phi) is 4.22. The van der Waals surface area contributed by atoms with Crippen molar-refractivity contribution in [2.45, 2.75) is 45.1 Å². The molecule has 0 atom stereocenters. The second-order valence-corrected chi connectivity index (χ2v) is 5.64. The number of hydrogen-bond acceptors (Lipinski definition) is 4. The molecule has 0 bridgehead atoms. The number of hydrogen-bond donors (Lipinski definition) is 0. The molecular formula is C17H20N2O3. The SMILES string of the molecule is CCOC(=O)c1nc2ccccc2c(=O)n1C1CCCCC1. The number of aromatic nitrogens is 2. The highest BCUT2D eigenvalue weighted by Gasteiger charge is 2.25. The van der Waals surface area contributed by atoms with Crippen molar-refractivity contribution < 1.29 is 9.53 Å². The Morgan fingerprint density at radius 3 is 2.73 bits per heavy atom. The molecule has 0 radical (unpaired) electrons. The summed E-state index contributed by atoms with van der Waals surface area (Å²) in [5.41, 5.74) is 0.406. The lowest BCUT2D eigenvalue weighted by atomic mass is 9.95. The molecule has 3 rings (SSSR count). The third kappa shape index (κ3) is 2.63. The summed E-state index contributed by atoms with van der Waals surface area (Å²) in [5, 5.41) is 0.557. The maximum absolute atomic E-state index is 12.9. The minimum absolute atomic E-state index is 0.0396. The number of benzene rings is 1. The molecule has 1 aliphatic rings. The van der Waals surface area contributed by atoms with Gasteiger partial charge in [0.15, 0.2) is 0 Å². The van der Waals surface area contributed by atoms with Crippen LogP contribution in [0.1, 0.15) is 55.7 Å². The van der Waals surface area contributed by atoms with Gasteiger partial charge < -0.3 is 4.74 Å². The van der Waals surface area contributed by atoms with Crippen molar-refractivity contribution in [1.29, 1.82) is 0 Å². The molecular weight excluding hydrogens is 280 g/mol. The Hall–Kier alpha value is -2.17. The molecule has 0 aliphatic heterocycles. The summed E-state index contributed by atoms with van der Waals surface area (Å²) in [4.78, 5) is 29.6. The van der Waals surface area contributed by atoms with E-state index in [0.717, 1.165) is 25.7 Å². The molecule has 0 N–H and O–H groups in total. The predicted molar refractivity (Wildman–Crippen MR) is 84.1 cm³/mol. The quantitative estimate of drug-likeness (QED) is 0.817. The first-order chi connectivity index (χ1) is 10.7. The van der Waals surface area contributed by atoms with Crippen LogP contribution in [-0.4, -0.2) is 22.1 Å². The van der Waals surface area contributed by atoms with Crippen LogP contribution in [0.3, 0.4) is 0 Å². The molecule has 1 aromatic heterocycles. The fraction of sp³-hybridized carbons (Fsp3) is 0.471. The van der Waals surface area contributed by atoms with E-state index >= 15 is 0 Å². The second kappa shape index (κ2) is 6.30. The average molecular weight is 300 g/mol. The van der Waals surface area contributed by atoms with E-state index < -0.39 is 5.97 Å². The first-order valence-corrected chi connectivity index (χ1v) is 7.90. The first-order valence-electron chi connectivity index (χ1n) is 7.90. The highest BCUT2D eigenvalue weighted by molar-refractivity contribution is 5.89. The predicted octanol–water partition coefficient (Wildman–Crippen LogP) is 3.08. The summed E-state index contributed by atoms with van der Waals surface area (Å²) in [7, 11) is 0. The maximum atomic E-state index is 12.9. The maximum Gasteiger partial charge on any atom is 0.374 e. The molecule has 1 aliphatic carbocycles. The Bertz CT molecular complexity index is 745.